The Kier molecular flexibility index (Phi) is 4.48. The molecule has 0 bridgehead atoms. The molecule has 0 spiro atoms. The van der Waals surface area contributed by atoms with Crippen LogP contribution in [0.25, 0.3) is 0 Å². The van der Waals surface area contributed by atoms with Crippen molar-refractivity contribution in [3.05, 3.63) is 64.4 Å². The minimum Gasteiger partial charge on any atom is -0.439 e. The van der Waals surface area contributed by atoms with Crippen LogP contribution in [0.15, 0.2) is 42.7 Å². The van der Waals surface area contributed by atoms with Crippen LogP contribution in [-0.4, -0.2) is 17.0 Å². The monoisotopic (exact) mass is 388 g/mol. The van der Waals surface area contributed by atoms with Gasteiger partial charge in [0.15, 0.2) is 6.10 Å². The van der Waals surface area contributed by atoms with E-state index in [0.717, 1.165) is 11.1 Å². The van der Waals surface area contributed by atoms with Gasteiger partial charge in [0.25, 0.3) is 5.92 Å². The first kappa shape index (κ1) is 17.7. The van der Waals surface area contributed by atoms with Crippen LogP contribution in [0.1, 0.15) is 41.7 Å². The Morgan fingerprint density at radius 3 is 2.78 bits per heavy atom. The number of pyridine rings is 1. The van der Waals surface area contributed by atoms with Gasteiger partial charge < -0.3 is 10.1 Å². The molecule has 2 aromatic rings. The Balaban J connectivity index is 1.57. The summed E-state index contributed by atoms with van der Waals surface area (Å²) in [6.07, 6.45) is 1.72. The van der Waals surface area contributed by atoms with Crippen LogP contribution in [0.4, 0.5) is 13.6 Å². The Morgan fingerprint density at radius 2 is 2.04 bits per heavy atom. The van der Waals surface area contributed by atoms with Crippen molar-refractivity contribution in [2.24, 2.45) is 5.92 Å². The third-order valence-corrected chi connectivity index (χ3v) is 4.85. The first-order valence-corrected chi connectivity index (χ1v) is 8.84. The van der Waals surface area contributed by atoms with Crippen molar-refractivity contribution in [3.63, 3.8) is 0 Å². The highest BCUT2D eigenvalue weighted by atomic mass is 35.5. The van der Waals surface area contributed by atoms with Crippen LogP contribution in [0.2, 0.25) is 5.02 Å². The zero-order valence-electron chi connectivity index (χ0n) is 14.1. The number of benzene rings is 1. The number of cyclic esters (lactones) is 1. The molecule has 0 radical (unpaired) electrons. The minimum absolute atomic E-state index is 0.198. The molecule has 1 saturated carbocycles. The molecule has 1 aromatic heterocycles. The molecule has 4 nitrogen and oxygen atoms in total. The van der Waals surface area contributed by atoms with E-state index in [0.29, 0.717) is 10.6 Å². The van der Waals surface area contributed by atoms with Gasteiger partial charge in [-0.25, -0.2) is 13.6 Å². The molecule has 1 saturated heterocycles. The number of nitrogens with one attached hydrogen (secondary N) is 1. The summed E-state index contributed by atoms with van der Waals surface area (Å²) in [4.78, 5) is 16.0. The summed E-state index contributed by atoms with van der Waals surface area (Å²) in [6.45, 7) is 0. The fourth-order valence-electron chi connectivity index (χ4n) is 3.27. The number of amides is 1. The number of rotatable bonds is 2. The van der Waals surface area contributed by atoms with Crippen molar-refractivity contribution in [1.82, 2.24) is 10.3 Å². The number of hydrogen-bond acceptors (Lipinski definition) is 3. The van der Waals surface area contributed by atoms with Crippen LogP contribution >= 0.6 is 11.6 Å². The van der Waals surface area contributed by atoms with Crippen LogP contribution < -0.4 is 5.32 Å². The van der Waals surface area contributed by atoms with E-state index >= 15 is 0 Å². The van der Waals surface area contributed by atoms with E-state index < -0.39 is 24.2 Å². The molecule has 1 aliphatic heterocycles. The molecule has 2 atom stereocenters. The molecular weight excluding hydrogens is 374 g/mol. The topological polar surface area (TPSA) is 51.2 Å². The molecule has 7 heteroatoms. The summed E-state index contributed by atoms with van der Waals surface area (Å²) >= 11 is 6.04. The second kappa shape index (κ2) is 6.82. The van der Waals surface area contributed by atoms with Gasteiger partial charge in [-0.15, -0.1) is 0 Å². The second-order valence-corrected chi connectivity index (χ2v) is 7.18. The van der Waals surface area contributed by atoms with Crippen molar-refractivity contribution >= 4 is 17.7 Å². The zero-order chi connectivity index (χ0) is 19.0. The molecule has 2 aliphatic rings. The number of carbonyl (C=O) groups excluding carboxylic acids is 1. The number of alkyl carbamates (subject to hydrolysis) is 1. The maximum Gasteiger partial charge on any atom is 0.408 e. The molecule has 2 fully saturated rings. The van der Waals surface area contributed by atoms with Gasteiger partial charge >= 0.3 is 6.09 Å². The highest BCUT2D eigenvalue weighted by Gasteiger charge is 2.44. The van der Waals surface area contributed by atoms with Gasteiger partial charge in [-0.3, -0.25) is 4.98 Å². The van der Waals surface area contributed by atoms with Gasteiger partial charge in [0.05, 0.1) is 0 Å². The molecule has 2 heterocycles. The molecule has 0 unspecified atom stereocenters. The molecule has 1 amide bonds. The van der Waals surface area contributed by atoms with Gasteiger partial charge in [-0.1, -0.05) is 35.6 Å². The molecule has 4 rings (SSSR count). The number of aromatic nitrogens is 1. The predicted octanol–water partition coefficient (Wildman–Crippen LogP) is 4.65. The Bertz CT molecular complexity index is 946. The Hall–Kier alpha value is -2.65. The molecular formula is C20H15ClF2N2O2. The smallest absolute Gasteiger partial charge is 0.408 e. The van der Waals surface area contributed by atoms with Crippen molar-refractivity contribution in [1.29, 1.82) is 0 Å². The quantitative estimate of drug-likeness (QED) is 0.761. The van der Waals surface area contributed by atoms with E-state index in [2.05, 4.69) is 22.1 Å². The van der Waals surface area contributed by atoms with Gasteiger partial charge in [-0.05, 0) is 29.3 Å². The van der Waals surface area contributed by atoms with Crippen molar-refractivity contribution in [2.45, 2.75) is 30.9 Å². The van der Waals surface area contributed by atoms with Crippen LogP contribution in [0.3, 0.4) is 0 Å². The summed E-state index contributed by atoms with van der Waals surface area (Å²) in [7, 11) is 0. The highest BCUT2D eigenvalue weighted by molar-refractivity contribution is 6.30. The SMILES string of the molecule is O=C1N[C@H](c2cncc(C#CC3CC(F)(F)C3)c2)[C@@H](c2cccc(Cl)c2)O1. The normalized spacial score (nSPS) is 23.6. The summed E-state index contributed by atoms with van der Waals surface area (Å²) < 4.78 is 31.2. The fourth-order valence-corrected chi connectivity index (χ4v) is 3.47. The van der Waals surface area contributed by atoms with E-state index in [1.807, 2.05) is 6.07 Å². The zero-order valence-corrected chi connectivity index (χ0v) is 14.8. The van der Waals surface area contributed by atoms with Gasteiger partial charge in [-0.2, -0.15) is 0 Å². The fraction of sp³-hybridized carbons (Fsp3) is 0.300. The van der Waals surface area contributed by atoms with Crippen LogP contribution in [-0.2, 0) is 4.74 Å². The number of carbonyl (C=O) groups is 1. The standard InChI is InChI=1S/C20H15ClF2N2O2/c21-16-3-1-2-14(7-16)18-17(25-19(26)27-18)15-6-12(10-24-11-15)4-5-13-8-20(22,23)9-13/h1-3,6-7,10-11,13,17-18H,8-9H2,(H,25,26)/t17-,18-/m1/s1. The molecule has 1 aromatic carbocycles. The van der Waals surface area contributed by atoms with E-state index in [9.17, 15) is 13.6 Å². The first-order chi connectivity index (χ1) is 12.9. The lowest BCUT2D eigenvalue weighted by Gasteiger charge is -2.31. The maximum atomic E-state index is 12.9. The summed E-state index contributed by atoms with van der Waals surface area (Å²) in [6, 6.07) is 8.44. The minimum atomic E-state index is -2.59. The third-order valence-electron chi connectivity index (χ3n) is 4.62. The molecule has 138 valence electrons. The van der Waals surface area contributed by atoms with E-state index in [1.54, 1.807) is 36.7 Å². The van der Waals surface area contributed by atoms with Gasteiger partial charge in [0.1, 0.15) is 6.04 Å². The van der Waals surface area contributed by atoms with Crippen molar-refractivity contribution < 1.29 is 18.3 Å². The average Bonchev–Trinajstić information content (AvgIpc) is 3.00. The lowest BCUT2D eigenvalue weighted by molar-refractivity contribution is -0.0936. The van der Waals surface area contributed by atoms with E-state index in [1.165, 1.54) is 0 Å². The Morgan fingerprint density at radius 1 is 1.22 bits per heavy atom. The number of alkyl halides is 2. The van der Waals surface area contributed by atoms with Crippen molar-refractivity contribution in [3.8, 4) is 11.8 Å². The number of hydrogen-bond donors (Lipinski definition) is 1. The van der Waals surface area contributed by atoms with E-state index in [4.69, 9.17) is 16.3 Å². The Labute approximate surface area is 159 Å². The van der Waals surface area contributed by atoms with Crippen LogP contribution in [0.5, 0.6) is 0 Å². The number of nitrogens with zero attached hydrogens (tertiary/aromatic N) is 1. The van der Waals surface area contributed by atoms with Crippen LogP contribution in [0, 0.1) is 17.8 Å². The number of ether oxygens (including phenoxy) is 1. The summed E-state index contributed by atoms with van der Waals surface area (Å²) in [5, 5.41) is 3.32. The lowest BCUT2D eigenvalue weighted by atomic mass is 9.82. The average molecular weight is 389 g/mol. The predicted molar refractivity (Wildman–Crippen MR) is 95.3 cm³/mol. The summed E-state index contributed by atoms with van der Waals surface area (Å²) in [5.74, 6) is 2.88. The third kappa shape index (κ3) is 3.88. The first-order valence-electron chi connectivity index (χ1n) is 8.47. The molecule has 1 N–H and O–H groups in total. The summed E-state index contributed by atoms with van der Waals surface area (Å²) in [5.41, 5.74) is 2.09. The number of halogens is 3. The van der Waals surface area contributed by atoms with Gasteiger partial charge in [0, 0.05) is 41.7 Å². The van der Waals surface area contributed by atoms with Crippen molar-refractivity contribution in [2.75, 3.05) is 0 Å². The van der Waals surface area contributed by atoms with Gasteiger partial charge in [0.2, 0.25) is 0 Å². The maximum absolute atomic E-state index is 12.9. The lowest BCUT2D eigenvalue weighted by Crippen LogP contribution is -2.34. The molecule has 27 heavy (non-hydrogen) atoms. The molecule has 1 aliphatic carbocycles. The highest BCUT2D eigenvalue weighted by Crippen LogP contribution is 2.42. The largest absolute Gasteiger partial charge is 0.439 e. The van der Waals surface area contributed by atoms with E-state index in [-0.39, 0.29) is 18.8 Å². The second-order valence-electron chi connectivity index (χ2n) is 6.74.